The quantitative estimate of drug-likeness (QED) is 0.117. The Balaban J connectivity index is 1.49. The molecular formula is C48H56O7. The molecule has 2 N–H and O–H groups in total. The van der Waals surface area contributed by atoms with Gasteiger partial charge in [0.05, 0.1) is 38.6 Å². The van der Waals surface area contributed by atoms with Crippen molar-refractivity contribution in [1.29, 1.82) is 0 Å². The number of hydrogen-bond acceptors (Lipinski definition) is 7. The van der Waals surface area contributed by atoms with Crippen LogP contribution >= 0.6 is 0 Å². The molecule has 1 heterocycles. The Labute approximate surface area is 326 Å². The molecule has 0 aromatic heterocycles. The molecular weight excluding hydrogens is 689 g/mol. The lowest BCUT2D eigenvalue weighted by Crippen LogP contribution is -2.58. The molecule has 5 aromatic carbocycles. The lowest BCUT2D eigenvalue weighted by molar-refractivity contribution is -0.275. The molecule has 1 aliphatic heterocycles. The molecule has 0 aliphatic carbocycles. The van der Waals surface area contributed by atoms with Crippen LogP contribution in [0.25, 0.3) is 0 Å². The topological polar surface area (TPSA) is 86.6 Å². The minimum absolute atomic E-state index is 0.0225. The number of phenolic OH excluding ortho intramolecular Hbond substituents is 2. The van der Waals surface area contributed by atoms with Gasteiger partial charge in [-0.05, 0) is 39.2 Å². The molecule has 5 aromatic rings. The van der Waals surface area contributed by atoms with Gasteiger partial charge in [-0.1, -0.05) is 163 Å². The van der Waals surface area contributed by atoms with Crippen molar-refractivity contribution in [3.05, 3.63) is 166 Å². The van der Waals surface area contributed by atoms with Crippen LogP contribution in [0.15, 0.2) is 127 Å². The van der Waals surface area contributed by atoms with Gasteiger partial charge in [-0.3, -0.25) is 0 Å². The van der Waals surface area contributed by atoms with Crippen molar-refractivity contribution >= 4 is 0 Å². The van der Waals surface area contributed by atoms with Crippen molar-refractivity contribution in [3.8, 4) is 11.5 Å². The highest BCUT2D eigenvalue weighted by Gasteiger charge is 2.51. The Kier molecular flexibility index (Phi) is 13.1. The van der Waals surface area contributed by atoms with Gasteiger partial charge in [0, 0.05) is 11.1 Å². The maximum absolute atomic E-state index is 12.3. The van der Waals surface area contributed by atoms with Crippen molar-refractivity contribution in [2.45, 2.75) is 109 Å². The molecule has 290 valence electrons. The van der Waals surface area contributed by atoms with E-state index in [-0.39, 0.29) is 36.9 Å². The van der Waals surface area contributed by atoms with Crippen molar-refractivity contribution < 1.29 is 33.9 Å². The van der Waals surface area contributed by atoms with E-state index >= 15 is 0 Å². The SMILES string of the molecule is CC(C)(C)c1cc(C(C)(C)C)c(O)c([C@@H]2O[C@H](COCc3ccccc3)[C@H](OCc3ccccc3)[C@H](OCc3ccccc3)[C@H]2OCc2ccccc2)c1O. The summed E-state index contributed by atoms with van der Waals surface area (Å²) < 4.78 is 34.2. The van der Waals surface area contributed by atoms with E-state index in [0.29, 0.717) is 24.3 Å². The molecule has 55 heavy (non-hydrogen) atoms. The van der Waals surface area contributed by atoms with Crippen LogP contribution in [-0.4, -0.2) is 41.2 Å². The van der Waals surface area contributed by atoms with Gasteiger partial charge in [0.2, 0.25) is 0 Å². The van der Waals surface area contributed by atoms with E-state index in [2.05, 4.69) is 41.5 Å². The third kappa shape index (κ3) is 10.2. The van der Waals surface area contributed by atoms with Gasteiger partial charge in [-0.15, -0.1) is 0 Å². The monoisotopic (exact) mass is 744 g/mol. The predicted octanol–water partition coefficient (Wildman–Crippen LogP) is 10.1. The number of rotatable bonds is 14. The fourth-order valence-electron chi connectivity index (χ4n) is 7.12. The van der Waals surface area contributed by atoms with Gasteiger partial charge in [0.1, 0.15) is 42.0 Å². The van der Waals surface area contributed by atoms with E-state index in [9.17, 15) is 10.2 Å². The van der Waals surface area contributed by atoms with Gasteiger partial charge in [-0.25, -0.2) is 0 Å². The predicted molar refractivity (Wildman–Crippen MR) is 216 cm³/mol. The van der Waals surface area contributed by atoms with Crippen LogP contribution in [0.5, 0.6) is 11.5 Å². The Hall–Kier alpha value is -4.50. The van der Waals surface area contributed by atoms with Crippen LogP contribution in [0.4, 0.5) is 0 Å². The summed E-state index contributed by atoms with van der Waals surface area (Å²) in [7, 11) is 0. The first-order valence-electron chi connectivity index (χ1n) is 19.2. The summed E-state index contributed by atoms with van der Waals surface area (Å²) in [6.45, 7) is 13.7. The van der Waals surface area contributed by atoms with Gasteiger partial charge < -0.3 is 33.9 Å². The first-order valence-corrected chi connectivity index (χ1v) is 19.2. The fourth-order valence-corrected chi connectivity index (χ4v) is 7.12. The van der Waals surface area contributed by atoms with Gasteiger partial charge in [-0.2, -0.15) is 0 Å². The summed E-state index contributed by atoms with van der Waals surface area (Å²) >= 11 is 0. The van der Waals surface area contributed by atoms with Gasteiger partial charge in [0.25, 0.3) is 0 Å². The molecule has 0 radical (unpaired) electrons. The van der Waals surface area contributed by atoms with E-state index in [1.807, 2.05) is 127 Å². The summed E-state index contributed by atoms with van der Waals surface area (Å²) in [6, 6.07) is 41.9. The summed E-state index contributed by atoms with van der Waals surface area (Å²) in [4.78, 5) is 0. The standard InChI is InChI=1S/C48H56O7/c1-47(2,3)37-27-38(48(4,5)6)42(50)40(41(37)49)44-46(54-31-36-25-17-10-18-26-36)45(53-30-35-23-15-9-16-24-35)43(52-29-34-21-13-8-14-22-34)39(55-44)32-51-28-33-19-11-7-12-20-33/h7-27,39,43-46,49-50H,28-32H2,1-6H3/t39-,43+,44+,45+,46+/m1/s1. The molecule has 1 aliphatic rings. The smallest absolute Gasteiger partial charge is 0.128 e. The third-order valence-electron chi connectivity index (χ3n) is 10.1. The van der Waals surface area contributed by atoms with Crippen LogP contribution in [0, 0.1) is 0 Å². The third-order valence-corrected chi connectivity index (χ3v) is 10.1. The summed E-state index contributed by atoms with van der Waals surface area (Å²) in [5, 5.41) is 24.5. The largest absolute Gasteiger partial charge is 0.507 e. The molecule has 1 fully saturated rings. The first kappa shape index (κ1) is 40.2. The van der Waals surface area contributed by atoms with Crippen molar-refractivity contribution in [2.75, 3.05) is 6.61 Å². The Morgan fingerprint density at radius 2 is 0.855 bits per heavy atom. The highest BCUT2D eigenvalue weighted by Crippen LogP contribution is 2.51. The maximum atomic E-state index is 12.3. The Morgan fingerprint density at radius 3 is 1.25 bits per heavy atom. The van der Waals surface area contributed by atoms with Crippen LogP contribution in [0.2, 0.25) is 0 Å². The van der Waals surface area contributed by atoms with E-state index < -0.39 is 41.3 Å². The van der Waals surface area contributed by atoms with Gasteiger partial charge in [0.15, 0.2) is 0 Å². The van der Waals surface area contributed by atoms with E-state index in [0.717, 1.165) is 22.3 Å². The summed E-state index contributed by atoms with van der Waals surface area (Å²) in [6.07, 6.45) is -3.84. The molecule has 6 rings (SSSR count). The number of ether oxygens (including phenoxy) is 5. The molecule has 0 bridgehead atoms. The van der Waals surface area contributed by atoms with E-state index in [4.69, 9.17) is 23.7 Å². The minimum atomic E-state index is -0.963. The second-order valence-electron chi connectivity index (χ2n) is 16.5. The van der Waals surface area contributed by atoms with Crippen molar-refractivity contribution in [2.24, 2.45) is 0 Å². The highest BCUT2D eigenvalue weighted by molar-refractivity contribution is 5.58. The van der Waals surface area contributed by atoms with Crippen molar-refractivity contribution in [1.82, 2.24) is 0 Å². The molecule has 7 heteroatoms. The molecule has 0 amide bonds. The Morgan fingerprint density at radius 1 is 0.491 bits per heavy atom. The molecule has 0 saturated carbocycles. The average molecular weight is 745 g/mol. The number of benzene rings is 5. The maximum Gasteiger partial charge on any atom is 0.128 e. The molecule has 1 saturated heterocycles. The second kappa shape index (κ2) is 18.0. The summed E-state index contributed by atoms with van der Waals surface area (Å²) in [5.41, 5.74) is 4.76. The van der Waals surface area contributed by atoms with Crippen molar-refractivity contribution in [3.63, 3.8) is 0 Å². The number of phenols is 2. The molecule has 5 atom stereocenters. The molecule has 0 unspecified atom stereocenters. The van der Waals surface area contributed by atoms with Gasteiger partial charge >= 0.3 is 0 Å². The fraction of sp³-hybridized carbons (Fsp3) is 0.375. The van der Waals surface area contributed by atoms with Crippen LogP contribution in [0.3, 0.4) is 0 Å². The number of hydrogen-bond donors (Lipinski definition) is 2. The molecule has 7 nitrogen and oxygen atoms in total. The zero-order valence-electron chi connectivity index (χ0n) is 33.0. The first-order chi connectivity index (χ1) is 26.4. The average Bonchev–Trinajstić information content (AvgIpc) is 3.16. The normalized spacial score (nSPS) is 20.4. The Bertz CT molecular complexity index is 1880. The zero-order valence-corrected chi connectivity index (χ0v) is 33.0. The second-order valence-corrected chi connectivity index (χ2v) is 16.5. The molecule has 0 spiro atoms. The van der Waals surface area contributed by atoms with Crippen LogP contribution < -0.4 is 0 Å². The minimum Gasteiger partial charge on any atom is -0.507 e. The lowest BCUT2D eigenvalue weighted by Gasteiger charge is -2.47. The van der Waals surface area contributed by atoms with Crippen LogP contribution in [-0.2, 0) is 60.9 Å². The highest BCUT2D eigenvalue weighted by atomic mass is 16.6. The summed E-state index contributed by atoms with van der Waals surface area (Å²) in [5.74, 6) is -0.0449. The number of aromatic hydroxyl groups is 2. The zero-order chi connectivity index (χ0) is 39.0. The lowest BCUT2D eigenvalue weighted by atomic mass is 9.76. The van der Waals surface area contributed by atoms with E-state index in [1.165, 1.54) is 0 Å². The van der Waals surface area contributed by atoms with Crippen LogP contribution in [0.1, 0.15) is 86.6 Å². The van der Waals surface area contributed by atoms with E-state index in [1.54, 1.807) is 0 Å².